The first kappa shape index (κ1) is 14.8. The molecule has 0 radical (unpaired) electrons. The van der Waals surface area contributed by atoms with Crippen molar-refractivity contribution in [2.45, 2.75) is 9.59 Å². The molecule has 0 bridgehead atoms. The number of anilines is 1. The summed E-state index contributed by atoms with van der Waals surface area (Å²) in [5, 5.41) is 9.45. The van der Waals surface area contributed by atoms with E-state index in [1.165, 1.54) is 5.56 Å². The number of halogens is 1. The third-order valence-corrected chi connectivity index (χ3v) is 5.46. The molecule has 2 N–H and O–H groups in total. The van der Waals surface area contributed by atoms with Crippen LogP contribution in [0.2, 0.25) is 0 Å². The maximum atomic E-state index is 5.87. The number of hydrogen-bond acceptors (Lipinski definition) is 6. The highest BCUT2D eigenvalue weighted by molar-refractivity contribution is 9.10. The van der Waals surface area contributed by atoms with Crippen molar-refractivity contribution in [3.8, 4) is 0 Å². The number of nitrogens with two attached hydrogens (primary N) is 1. The fourth-order valence-electron chi connectivity index (χ4n) is 1.48. The second-order valence-electron chi connectivity index (χ2n) is 4.14. The van der Waals surface area contributed by atoms with Gasteiger partial charge in [0, 0.05) is 30.4 Å². The minimum atomic E-state index is 0.205. The molecule has 0 spiro atoms. The van der Waals surface area contributed by atoms with Gasteiger partial charge >= 0.3 is 0 Å². The van der Waals surface area contributed by atoms with Gasteiger partial charge in [-0.3, -0.25) is 0 Å². The van der Waals surface area contributed by atoms with E-state index >= 15 is 0 Å². The molecule has 1 heterocycles. The molecule has 1 aromatic heterocycles. The molecular weight excluding hydrogens is 344 g/mol. The van der Waals surface area contributed by atoms with E-state index in [1.807, 2.05) is 31.1 Å². The zero-order valence-electron chi connectivity index (χ0n) is 10.7. The van der Waals surface area contributed by atoms with Crippen LogP contribution in [0.15, 0.2) is 33.1 Å². The second-order valence-corrected chi connectivity index (χ2v) is 7.46. The summed E-state index contributed by atoms with van der Waals surface area (Å²) in [5.74, 6) is 0. The first-order valence-corrected chi connectivity index (χ1v) is 8.22. The summed E-state index contributed by atoms with van der Waals surface area (Å²) in [4.78, 5) is 1.96. The molecule has 7 heteroatoms. The summed E-state index contributed by atoms with van der Waals surface area (Å²) in [6.45, 7) is 0.573. The SMILES string of the molecule is CN(C)c1nnc(SC(CN)c2ccc(Br)cc2)s1. The number of hydrogen-bond donors (Lipinski definition) is 1. The summed E-state index contributed by atoms with van der Waals surface area (Å²) < 4.78 is 2.02. The van der Waals surface area contributed by atoms with Crippen LogP contribution in [-0.4, -0.2) is 30.8 Å². The molecule has 1 atom stereocenters. The summed E-state index contributed by atoms with van der Waals surface area (Å²) in [6.07, 6.45) is 0. The van der Waals surface area contributed by atoms with Crippen LogP contribution in [-0.2, 0) is 0 Å². The van der Waals surface area contributed by atoms with Crippen LogP contribution < -0.4 is 10.6 Å². The van der Waals surface area contributed by atoms with Gasteiger partial charge in [-0.1, -0.05) is 51.2 Å². The molecule has 0 saturated heterocycles. The van der Waals surface area contributed by atoms with Crippen molar-refractivity contribution in [1.29, 1.82) is 0 Å². The molecule has 0 aliphatic heterocycles. The zero-order valence-corrected chi connectivity index (χ0v) is 13.9. The number of aromatic nitrogens is 2. The van der Waals surface area contributed by atoms with Crippen molar-refractivity contribution < 1.29 is 0 Å². The van der Waals surface area contributed by atoms with Crippen molar-refractivity contribution >= 4 is 44.2 Å². The molecule has 2 aromatic rings. The zero-order chi connectivity index (χ0) is 13.8. The molecular formula is C12H15BrN4S2. The maximum Gasteiger partial charge on any atom is 0.208 e. The molecule has 19 heavy (non-hydrogen) atoms. The van der Waals surface area contributed by atoms with Gasteiger partial charge in [0.1, 0.15) is 0 Å². The Hall–Kier alpha value is -0.630. The molecule has 0 aliphatic rings. The molecule has 0 saturated carbocycles. The van der Waals surface area contributed by atoms with Gasteiger partial charge in [-0.25, -0.2) is 0 Å². The Bertz CT molecular complexity index is 527. The van der Waals surface area contributed by atoms with Gasteiger partial charge in [0.15, 0.2) is 4.34 Å². The van der Waals surface area contributed by atoms with Crippen LogP contribution in [0.3, 0.4) is 0 Å². The lowest BCUT2D eigenvalue weighted by molar-refractivity contribution is 0.927. The third-order valence-electron chi connectivity index (χ3n) is 2.48. The lowest BCUT2D eigenvalue weighted by Gasteiger charge is -2.12. The fourth-order valence-corrected chi connectivity index (χ4v) is 3.73. The fraction of sp³-hybridized carbons (Fsp3) is 0.333. The van der Waals surface area contributed by atoms with Crippen molar-refractivity contribution in [1.82, 2.24) is 10.2 Å². The van der Waals surface area contributed by atoms with Gasteiger partial charge in [-0.2, -0.15) is 0 Å². The van der Waals surface area contributed by atoms with Gasteiger partial charge in [0.2, 0.25) is 5.13 Å². The number of thioether (sulfide) groups is 1. The Kier molecular flexibility index (Phi) is 5.20. The van der Waals surface area contributed by atoms with E-state index in [2.05, 4.69) is 38.3 Å². The minimum Gasteiger partial charge on any atom is -0.353 e. The van der Waals surface area contributed by atoms with Crippen molar-refractivity contribution in [3.63, 3.8) is 0 Å². The van der Waals surface area contributed by atoms with Crippen molar-refractivity contribution in [2.75, 3.05) is 25.5 Å². The summed E-state index contributed by atoms with van der Waals surface area (Å²) in [7, 11) is 3.92. The van der Waals surface area contributed by atoms with E-state index in [9.17, 15) is 0 Å². The molecule has 1 aromatic carbocycles. The van der Waals surface area contributed by atoms with E-state index in [4.69, 9.17) is 5.73 Å². The smallest absolute Gasteiger partial charge is 0.208 e. The molecule has 102 valence electrons. The number of nitrogens with zero attached hydrogens (tertiary/aromatic N) is 3. The maximum absolute atomic E-state index is 5.87. The first-order valence-electron chi connectivity index (χ1n) is 5.73. The van der Waals surface area contributed by atoms with E-state index in [0.29, 0.717) is 6.54 Å². The predicted molar refractivity (Wildman–Crippen MR) is 86.0 cm³/mol. The highest BCUT2D eigenvalue weighted by Crippen LogP contribution is 2.37. The number of rotatable bonds is 5. The Morgan fingerprint density at radius 2 is 2.00 bits per heavy atom. The molecule has 0 amide bonds. The Morgan fingerprint density at radius 1 is 1.32 bits per heavy atom. The largest absolute Gasteiger partial charge is 0.353 e. The average Bonchev–Trinajstić information content (AvgIpc) is 2.86. The molecule has 0 fully saturated rings. The van der Waals surface area contributed by atoms with Gasteiger partial charge in [0.05, 0.1) is 0 Å². The van der Waals surface area contributed by atoms with Crippen LogP contribution in [0.25, 0.3) is 0 Å². The van der Waals surface area contributed by atoms with E-state index in [-0.39, 0.29) is 5.25 Å². The molecule has 0 aliphatic carbocycles. The summed E-state index contributed by atoms with van der Waals surface area (Å²) >= 11 is 6.69. The van der Waals surface area contributed by atoms with Crippen molar-refractivity contribution in [3.05, 3.63) is 34.3 Å². The van der Waals surface area contributed by atoms with Crippen LogP contribution in [0.1, 0.15) is 10.8 Å². The monoisotopic (exact) mass is 358 g/mol. The van der Waals surface area contributed by atoms with Gasteiger partial charge in [-0.05, 0) is 17.7 Å². The standard InChI is InChI=1S/C12H15BrN4S2/c1-17(2)11-15-16-12(19-11)18-10(7-14)8-3-5-9(13)6-4-8/h3-6,10H,7,14H2,1-2H3. The lowest BCUT2D eigenvalue weighted by atomic mass is 10.1. The highest BCUT2D eigenvalue weighted by Gasteiger charge is 2.15. The Morgan fingerprint density at radius 3 is 2.53 bits per heavy atom. The summed E-state index contributed by atoms with van der Waals surface area (Å²) in [6, 6.07) is 8.23. The van der Waals surface area contributed by atoms with Gasteiger partial charge in [-0.15, -0.1) is 10.2 Å². The minimum absolute atomic E-state index is 0.205. The van der Waals surface area contributed by atoms with Crippen LogP contribution >= 0.6 is 39.0 Å². The number of benzene rings is 1. The van der Waals surface area contributed by atoms with E-state index in [1.54, 1.807) is 23.1 Å². The third kappa shape index (κ3) is 3.92. The molecule has 4 nitrogen and oxygen atoms in total. The normalized spacial score (nSPS) is 12.4. The topological polar surface area (TPSA) is 55.0 Å². The Balaban J connectivity index is 2.12. The Labute approximate surface area is 129 Å². The van der Waals surface area contributed by atoms with E-state index in [0.717, 1.165) is 13.9 Å². The second kappa shape index (κ2) is 6.69. The average molecular weight is 359 g/mol. The van der Waals surface area contributed by atoms with Gasteiger partial charge < -0.3 is 10.6 Å². The van der Waals surface area contributed by atoms with Crippen molar-refractivity contribution in [2.24, 2.45) is 5.73 Å². The van der Waals surface area contributed by atoms with E-state index < -0.39 is 0 Å². The molecule has 2 rings (SSSR count). The first-order chi connectivity index (χ1) is 9.10. The quantitative estimate of drug-likeness (QED) is 0.831. The highest BCUT2D eigenvalue weighted by atomic mass is 79.9. The predicted octanol–water partition coefficient (Wildman–Crippen LogP) is 3.16. The lowest BCUT2D eigenvalue weighted by Crippen LogP contribution is -2.09. The van der Waals surface area contributed by atoms with Crippen LogP contribution in [0.4, 0.5) is 5.13 Å². The van der Waals surface area contributed by atoms with Crippen LogP contribution in [0, 0.1) is 0 Å². The van der Waals surface area contributed by atoms with Crippen LogP contribution in [0.5, 0.6) is 0 Å². The van der Waals surface area contributed by atoms with Gasteiger partial charge in [0.25, 0.3) is 0 Å². The summed E-state index contributed by atoms with van der Waals surface area (Å²) in [5.41, 5.74) is 7.08. The molecule has 1 unspecified atom stereocenters.